The summed E-state index contributed by atoms with van der Waals surface area (Å²) in [6.07, 6.45) is -0.718. The second-order valence-electron chi connectivity index (χ2n) is 6.40. The number of hydrogen-bond donors (Lipinski definition) is 2. The molecule has 1 saturated heterocycles. The summed E-state index contributed by atoms with van der Waals surface area (Å²) in [5.41, 5.74) is 1.16. The van der Waals surface area contributed by atoms with Crippen LogP contribution in [0.2, 0.25) is 0 Å². The van der Waals surface area contributed by atoms with Crippen molar-refractivity contribution >= 4 is 17.3 Å². The first kappa shape index (κ1) is 15.4. The van der Waals surface area contributed by atoms with Crippen LogP contribution in [-0.2, 0) is 16.1 Å². The Balaban J connectivity index is 1.54. The fraction of sp³-hybridized carbons (Fsp3) is 0.278. The van der Waals surface area contributed by atoms with E-state index in [0.717, 1.165) is 0 Å². The molecule has 0 bridgehead atoms. The van der Waals surface area contributed by atoms with E-state index in [9.17, 15) is 14.7 Å². The summed E-state index contributed by atoms with van der Waals surface area (Å²) in [4.78, 5) is 29.9. The number of fused-ring (bicyclic) bond motifs is 5. The molecule has 1 fully saturated rings. The highest BCUT2D eigenvalue weighted by atomic mass is 16.6. The van der Waals surface area contributed by atoms with E-state index < -0.39 is 18.4 Å². The molecule has 132 valence electrons. The minimum atomic E-state index is -0.772. The van der Waals surface area contributed by atoms with Crippen LogP contribution >= 0.6 is 0 Å². The van der Waals surface area contributed by atoms with Gasteiger partial charge >= 0.3 is 0 Å². The first-order valence-electron chi connectivity index (χ1n) is 8.28. The minimum absolute atomic E-state index is 0.0835. The number of nitrogens with zero attached hydrogens (tertiary/aromatic N) is 2. The summed E-state index contributed by atoms with van der Waals surface area (Å²) in [7, 11) is 0. The maximum absolute atomic E-state index is 12.9. The third kappa shape index (κ3) is 2.16. The van der Waals surface area contributed by atoms with E-state index in [1.807, 2.05) is 18.2 Å². The maximum atomic E-state index is 12.9. The lowest BCUT2D eigenvalue weighted by molar-refractivity contribution is -0.0992. The molecule has 0 amide bonds. The number of ketones is 2. The van der Waals surface area contributed by atoms with Gasteiger partial charge in [0.1, 0.15) is 36.0 Å². The van der Waals surface area contributed by atoms with Gasteiger partial charge in [-0.1, -0.05) is 18.2 Å². The first-order chi connectivity index (χ1) is 12.6. The van der Waals surface area contributed by atoms with Crippen LogP contribution in [0.5, 0.6) is 0 Å². The number of benzene rings is 1. The lowest BCUT2D eigenvalue weighted by Crippen LogP contribution is -2.37. The van der Waals surface area contributed by atoms with Crippen LogP contribution in [0.15, 0.2) is 42.1 Å². The predicted molar refractivity (Wildman–Crippen MR) is 88.6 cm³/mol. The van der Waals surface area contributed by atoms with Crippen molar-refractivity contribution in [1.29, 1.82) is 0 Å². The molecule has 0 unspecified atom stereocenters. The maximum Gasteiger partial charge on any atom is 0.230 e. The molecule has 2 aliphatic heterocycles. The lowest BCUT2D eigenvalue weighted by atomic mass is 10.0. The van der Waals surface area contributed by atoms with Crippen molar-refractivity contribution in [2.24, 2.45) is 0 Å². The van der Waals surface area contributed by atoms with E-state index in [4.69, 9.17) is 9.47 Å². The number of carbonyl (C=O) groups excluding carboxylic acids is 2. The Morgan fingerprint density at radius 2 is 2.00 bits per heavy atom. The molecule has 2 N–H and O–H groups in total. The zero-order chi connectivity index (χ0) is 17.8. The summed E-state index contributed by atoms with van der Waals surface area (Å²) in [6, 6.07) is 9.14. The largest absolute Gasteiger partial charge is 0.388 e. The predicted octanol–water partition coefficient (Wildman–Crippen LogP) is 1.05. The molecule has 1 aromatic carbocycles. The van der Waals surface area contributed by atoms with E-state index in [1.165, 1.54) is 6.08 Å². The van der Waals surface area contributed by atoms with Gasteiger partial charge in [0, 0.05) is 11.8 Å². The van der Waals surface area contributed by atoms with Crippen LogP contribution < -0.4 is 5.32 Å². The molecule has 1 aromatic heterocycles. The standard InChI is InChI=1S/C18H15N3O5/c22-11-6-10(19-9-4-2-1-3-5-9)16(24)14-15(11)21-13(20-14)8-25-17-12(23)7-26-18(17)21/h1-6,12,17-19,23H,7-8H2/t12-,17-,18+/m1/s1. The second kappa shape index (κ2) is 5.60. The number of aromatic nitrogens is 2. The Hall–Kier alpha value is -2.81. The van der Waals surface area contributed by atoms with Crippen molar-refractivity contribution in [1.82, 2.24) is 9.55 Å². The summed E-state index contributed by atoms with van der Waals surface area (Å²) < 4.78 is 12.8. The molecule has 0 radical (unpaired) electrons. The zero-order valence-corrected chi connectivity index (χ0v) is 13.6. The highest BCUT2D eigenvalue weighted by Gasteiger charge is 2.46. The van der Waals surface area contributed by atoms with E-state index >= 15 is 0 Å². The molecule has 3 aliphatic rings. The van der Waals surface area contributed by atoms with Crippen LogP contribution in [0.25, 0.3) is 0 Å². The van der Waals surface area contributed by atoms with Crippen LogP contribution in [0, 0.1) is 0 Å². The van der Waals surface area contributed by atoms with Crippen molar-refractivity contribution < 1.29 is 24.2 Å². The number of aliphatic hydroxyl groups is 1. The topological polar surface area (TPSA) is 103 Å². The Morgan fingerprint density at radius 3 is 2.81 bits per heavy atom. The van der Waals surface area contributed by atoms with Gasteiger partial charge in [-0.3, -0.25) is 14.2 Å². The van der Waals surface area contributed by atoms with Crippen molar-refractivity contribution in [2.75, 3.05) is 11.9 Å². The minimum Gasteiger partial charge on any atom is -0.388 e. The van der Waals surface area contributed by atoms with Gasteiger partial charge in [-0.05, 0) is 12.1 Å². The Morgan fingerprint density at radius 1 is 1.19 bits per heavy atom. The van der Waals surface area contributed by atoms with Crippen molar-refractivity contribution in [3.05, 3.63) is 59.3 Å². The summed E-state index contributed by atoms with van der Waals surface area (Å²) >= 11 is 0. The number of nitrogens with one attached hydrogen (secondary N) is 1. The van der Waals surface area contributed by atoms with Crippen molar-refractivity contribution in [2.45, 2.75) is 25.0 Å². The smallest absolute Gasteiger partial charge is 0.230 e. The highest BCUT2D eigenvalue weighted by molar-refractivity contribution is 6.24. The average Bonchev–Trinajstić information content (AvgIpc) is 3.21. The quantitative estimate of drug-likeness (QED) is 0.832. The molecule has 0 spiro atoms. The molecule has 2 aromatic rings. The highest BCUT2D eigenvalue weighted by Crippen LogP contribution is 2.37. The third-order valence-corrected chi connectivity index (χ3v) is 4.76. The fourth-order valence-electron chi connectivity index (χ4n) is 3.57. The number of imidazole rings is 1. The molecular formula is C18H15N3O5. The monoisotopic (exact) mass is 353 g/mol. The van der Waals surface area contributed by atoms with Gasteiger partial charge in [0.25, 0.3) is 0 Å². The number of aliphatic hydroxyl groups excluding tert-OH is 1. The molecule has 3 heterocycles. The fourth-order valence-corrected chi connectivity index (χ4v) is 3.57. The molecule has 8 nitrogen and oxygen atoms in total. The van der Waals surface area contributed by atoms with Gasteiger partial charge in [0.2, 0.25) is 11.6 Å². The van der Waals surface area contributed by atoms with Crippen LogP contribution in [0.3, 0.4) is 0 Å². The van der Waals surface area contributed by atoms with E-state index in [2.05, 4.69) is 10.3 Å². The number of Topliss-reactive ketones (excluding diaryl/α,β-unsaturated/α-hetero) is 1. The number of anilines is 1. The molecule has 0 saturated carbocycles. The number of rotatable bonds is 2. The number of carbonyl (C=O) groups is 2. The number of ether oxygens (including phenoxy) is 2. The van der Waals surface area contributed by atoms with Gasteiger partial charge in [0.05, 0.1) is 12.3 Å². The van der Waals surface area contributed by atoms with Gasteiger partial charge in [0.15, 0.2) is 6.23 Å². The molecule has 3 atom stereocenters. The SMILES string of the molecule is O=C1C(Nc2ccccc2)=CC(=O)c2c1nc1n2[C@H]2OC[C@@H](O)[C@H]2OC1. The lowest BCUT2D eigenvalue weighted by Gasteiger charge is -2.29. The Labute approximate surface area is 148 Å². The third-order valence-electron chi connectivity index (χ3n) is 4.76. The number of hydrogen-bond acceptors (Lipinski definition) is 7. The van der Waals surface area contributed by atoms with Crippen molar-refractivity contribution in [3.63, 3.8) is 0 Å². The molecule has 26 heavy (non-hydrogen) atoms. The summed E-state index contributed by atoms with van der Waals surface area (Å²) in [5.74, 6) is -0.246. The number of allylic oxidation sites excluding steroid dienone is 2. The van der Waals surface area contributed by atoms with Crippen LogP contribution in [-0.4, -0.2) is 45.0 Å². The van der Waals surface area contributed by atoms with E-state index in [-0.39, 0.29) is 41.9 Å². The molecule has 5 rings (SSSR count). The van der Waals surface area contributed by atoms with E-state index in [0.29, 0.717) is 11.5 Å². The Kier molecular flexibility index (Phi) is 3.33. The van der Waals surface area contributed by atoms with Gasteiger partial charge in [-0.2, -0.15) is 0 Å². The van der Waals surface area contributed by atoms with Crippen molar-refractivity contribution in [3.8, 4) is 0 Å². The van der Waals surface area contributed by atoms with Crippen LogP contribution in [0.1, 0.15) is 33.0 Å². The molecule has 1 aliphatic carbocycles. The van der Waals surface area contributed by atoms with Gasteiger partial charge in [-0.25, -0.2) is 4.98 Å². The van der Waals surface area contributed by atoms with Gasteiger partial charge < -0.3 is 19.9 Å². The van der Waals surface area contributed by atoms with E-state index in [1.54, 1.807) is 16.7 Å². The average molecular weight is 353 g/mol. The molecular weight excluding hydrogens is 338 g/mol. The van der Waals surface area contributed by atoms with Gasteiger partial charge in [-0.15, -0.1) is 0 Å². The number of para-hydroxylation sites is 1. The molecule has 8 heteroatoms. The summed E-state index contributed by atoms with van der Waals surface area (Å²) in [6.45, 7) is 0.219. The summed E-state index contributed by atoms with van der Waals surface area (Å²) in [5, 5.41) is 12.9. The van der Waals surface area contributed by atoms with Crippen LogP contribution in [0.4, 0.5) is 5.69 Å². The zero-order valence-electron chi connectivity index (χ0n) is 13.6. The second-order valence-corrected chi connectivity index (χ2v) is 6.40. The first-order valence-corrected chi connectivity index (χ1v) is 8.28. The normalized spacial score (nSPS) is 26.8. The Bertz CT molecular complexity index is 949.